The number of benzene rings is 4. The van der Waals surface area contributed by atoms with Crippen LogP contribution in [0.25, 0.3) is 65.2 Å². The zero-order valence-corrected chi connectivity index (χ0v) is 19.7. The van der Waals surface area contributed by atoms with Crippen molar-refractivity contribution in [3.05, 3.63) is 109 Å². The molecule has 3 heteroatoms. The predicted molar refractivity (Wildman–Crippen MR) is 134 cm³/mol. The molecule has 0 fully saturated rings. The minimum absolute atomic E-state index is 0. The molecule has 0 aliphatic carbocycles. The molecule has 0 N–H and O–H groups in total. The summed E-state index contributed by atoms with van der Waals surface area (Å²) in [5.74, 6) is 0. The van der Waals surface area contributed by atoms with E-state index in [2.05, 4.69) is 109 Å². The van der Waals surface area contributed by atoms with Crippen LogP contribution in [0.1, 0.15) is 0 Å². The van der Waals surface area contributed by atoms with E-state index >= 15 is 0 Å². The van der Waals surface area contributed by atoms with Gasteiger partial charge < -0.3 is 0 Å². The van der Waals surface area contributed by atoms with Crippen LogP contribution in [0.5, 0.6) is 0 Å². The third-order valence-electron chi connectivity index (χ3n) is 6.16. The van der Waals surface area contributed by atoms with Crippen LogP contribution < -0.4 is 0 Å². The summed E-state index contributed by atoms with van der Waals surface area (Å²) in [4.78, 5) is 10.1. The Labute approximate surface area is 204 Å². The van der Waals surface area contributed by atoms with Gasteiger partial charge in [0.25, 0.3) is 0 Å². The van der Waals surface area contributed by atoms with Crippen molar-refractivity contribution in [1.82, 2.24) is 9.97 Å². The Morgan fingerprint density at radius 2 is 0.848 bits per heavy atom. The van der Waals surface area contributed by atoms with E-state index in [1.807, 2.05) is 0 Å². The molecule has 3 heterocycles. The first kappa shape index (κ1) is 20.0. The van der Waals surface area contributed by atoms with E-state index in [1.165, 1.54) is 0 Å². The predicted octanol–water partition coefficient (Wildman–Crippen LogP) is 7.56. The Kier molecular flexibility index (Phi) is 4.71. The number of para-hydroxylation sites is 2. The van der Waals surface area contributed by atoms with Gasteiger partial charge in [-0.05, 0) is 22.9 Å². The molecule has 7 rings (SSSR count). The van der Waals surface area contributed by atoms with Gasteiger partial charge in [0.15, 0.2) is 0 Å². The average molecular weight is 600 g/mol. The van der Waals surface area contributed by atoms with Crippen LogP contribution in [0.2, 0.25) is 0 Å². The molecule has 0 unspecified atom stereocenters. The van der Waals surface area contributed by atoms with Crippen LogP contribution in [0.15, 0.2) is 97.1 Å². The van der Waals surface area contributed by atoms with Gasteiger partial charge in [-0.25, -0.2) is 0 Å². The zero-order chi connectivity index (χ0) is 21.1. The number of pyridine rings is 2. The minimum Gasteiger partial charge on any atom is -0.254 e. The van der Waals surface area contributed by atoms with Gasteiger partial charge in [-0.1, -0.05) is 59.3 Å². The number of rotatable bonds is 0. The molecular formula is C30H16N2Pt. The van der Waals surface area contributed by atoms with Gasteiger partial charge in [0.05, 0.1) is 11.0 Å². The maximum absolute atomic E-state index is 5.07. The van der Waals surface area contributed by atoms with Crippen LogP contribution in [0, 0.1) is 12.1 Å². The molecular weight excluding hydrogens is 583 g/mol. The maximum atomic E-state index is 5.07. The van der Waals surface area contributed by atoms with Crippen LogP contribution in [-0.2, 0) is 21.1 Å². The summed E-state index contributed by atoms with van der Waals surface area (Å²) in [5.41, 5.74) is 3.66. The fourth-order valence-electron chi connectivity index (χ4n) is 4.58. The van der Waals surface area contributed by atoms with Crippen molar-refractivity contribution >= 4 is 65.2 Å². The molecule has 0 aliphatic rings. The third kappa shape index (κ3) is 3.22. The second-order valence-corrected chi connectivity index (χ2v) is 8.10. The Hall–Kier alpha value is -3.61. The van der Waals surface area contributed by atoms with Crippen molar-refractivity contribution < 1.29 is 21.1 Å². The summed E-state index contributed by atoms with van der Waals surface area (Å²) in [6.07, 6.45) is 0. The molecule has 7 aromatic rings. The second kappa shape index (κ2) is 7.76. The van der Waals surface area contributed by atoms with Gasteiger partial charge in [-0.15, -0.1) is 35.0 Å². The number of hydrogen-bond donors (Lipinski definition) is 0. The molecule has 8 bridgehead atoms. The van der Waals surface area contributed by atoms with E-state index in [9.17, 15) is 0 Å². The summed E-state index contributed by atoms with van der Waals surface area (Å²) in [7, 11) is 0. The van der Waals surface area contributed by atoms with E-state index in [-0.39, 0.29) is 21.1 Å². The van der Waals surface area contributed by atoms with E-state index in [4.69, 9.17) is 9.97 Å². The number of aromatic nitrogens is 2. The van der Waals surface area contributed by atoms with Crippen LogP contribution in [-0.4, -0.2) is 9.97 Å². The largest absolute Gasteiger partial charge is 2.00 e. The van der Waals surface area contributed by atoms with E-state index in [0.717, 1.165) is 65.2 Å². The minimum atomic E-state index is 0. The average Bonchev–Trinajstić information content (AvgIpc) is 2.87. The third-order valence-corrected chi connectivity index (χ3v) is 6.16. The number of nitrogens with zero attached hydrogens (tertiary/aromatic N) is 2. The Morgan fingerprint density at radius 3 is 1.33 bits per heavy atom. The smallest absolute Gasteiger partial charge is 0.254 e. The van der Waals surface area contributed by atoms with Crippen molar-refractivity contribution in [3.63, 3.8) is 0 Å². The molecule has 0 radical (unpaired) electrons. The van der Waals surface area contributed by atoms with E-state index in [0.29, 0.717) is 0 Å². The molecule has 0 atom stereocenters. The van der Waals surface area contributed by atoms with Crippen molar-refractivity contribution in [3.8, 4) is 0 Å². The molecule has 0 aliphatic heterocycles. The molecule has 0 amide bonds. The molecule has 2 nitrogen and oxygen atoms in total. The summed E-state index contributed by atoms with van der Waals surface area (Å²) in [5, 5.41) is 8.43. The molecule has 33 heavy (non-hydrogen) atoms. The van der Waals surface area contributed by atoms with Crippen LogP contribution in [0.3, 0.4) is 0 Å². The SMILES string of the molecule is [Pt+2].[c-]1c2cccc1c1cccc3ccc(nc31)c1ccc3cccc(c4[c-]c2ccc4)c3n1. The summed E-state index contributed by atoms with van der Waals surface area (Å²) >= 11 is 0. The van der Waals surface area contributed by atoms with Crippen molar-refractivity contribution in [2.75, 3.05) is 0 Å². The Balaban J connectivity index is 0.00000206. The topological polar surface area (TPSA) is 25.8 Å². The fourth-order valence-corrected chi connectivity index (χ4v) is 4.58. The van der Waals surface area contributed by atoms with Gasteiger partial charge >= 0.3 is 21.1 Å². The van der Waals surface area contributed by atoms with Crippen molar-refractivity contribution in [1.29, 1.82) is 0 Å². The van der Waals surface area contributed by atoms with Crippen molar-refractivity contribution in [2.45, 2.75) is 0 Å². The van der Waals surface area contributed by atoms with Gasteiger partial charge in [0, 0.05) is 11.0 Å². The van der Waals surface area contributed by atoms with Gasteiger partial charge in [-0.3, -0.25) is 9.97 Å². The molecule has 0 saturated heterocycles. The van der Waals surface area contributed by atoms with Crippen molar-refractivity contribution in [2.24, 2.45) is 0 Å². The summed E-state index contributed by atoms with van der Waals surface area (Å²) in [6, 6.07) is 40.8. The number of fused-ring (bicyclic) bond motifs is 10. The Bertz CT molecular complexity index is 1750. The van der Waals surface area contributed by atoms with Gasteiger partial charge in [0.1, 0.15) is 0 Å². The quantitative estimate of drug-likeness (QED) is 0.168. The molecule has 0 saturated carbocycles. The monoisotopic (exact) mass is 599 g/mol. The second-order valence-electron chi connectivity index (χ2n) is 8.10. The number of hydrogen-bond acceptors (Lipinski definition) is 2. The van der Waals surface area contributed by atoms with E-state index < -0.39 is 0 Å². The maximum Gasteiger partial charge on any atom is 2.00 e. The summed E-state index contributed by atoms with van der Waals surface area (Å²) < 4.78 is 0. The summed E-state index contributed by atoms with van der Waals surface area (Å²) in [6.45, 7) is 0. The molecule has 0 spiro atoms. The van der Waals surface area contributed by atoms with Gasteiger partial charge in [0.2, 0.25) is 0 Å². The van der Waals surface area contributed by atoms with Gasteiger partial charge in [-0.2, -0.15) is 35.0 Å². The Morgan fingerprint density at radius 1 is 0.424 bits per heavy atom. The van der Waals surface area contributed by atoms with Crippen LogP contribution >= 0.6 is 0 Å². The normalized spacial score (nSPS) is 11.4. The first-order valence-electron chi connectivity index (χ1n) is 10.7. The standard InChI is InChI=1S/C30H16N2.Pt/c1-7-21-17-23(9-1)25-11-3-5-19-13-15-27(31-29(19)25)28-16-14-20-6-4-12-26(30(20)32-28)24-10-2-8-22(21)18-24;/h1-16H;/q-2;+2. The first-order valence-corrected chi connectivity index (χ1v) is 10.7. The molecule has 4 aromatic carbocycles. The van der Waals surface area contributed by atoms with Crippen LogP contribution in [0.4, 0.5) is 0 Å². The molecule has 3 aromatic heterocycles. The molecule has 156 valence electrons. The fraction of sp³-hybridized carbons (Fsp3) is 0. The zero-order valence-electron chi connectivity index (χ0n) is 17.4. The first-order chi connectivity index (χ1) is 15.8. The van der Waals surface area contributed by atoms with E-state index in [1.54, 1.807) is 0 Å².